The summed E-state index contributed by atoms with van der Waals surface area (Å²) in [4.78, 5) is 1.43. The maximum atomic E-state index is 5.92. The van der Waals surface area contributed by atoms with E-state index in [-0.39, 0.29) is 6.04 Å². The average Bonchev–Trinajstić information content (AvgIpc) is 2.84. The van der Waals surface area contributed by atoms with Crippen LogP contribution in [-0.4, -0.2) is 27.3 Å². The first-order valence-corrected chi connectivity index (χ1v) is 5.21. The zero-order valence-electron chi connectivity index (χ0n) is 9.01. The summed E-state index contributed by atoms with van der Waals surface area (Å²) in [5, 5.41) is 15.4. The van der Waals surface area contributed by atoms with Crippen LogP contribution in [0.2, 0.25) is 5.22 Å². The molecule has 0 aromatic carbocycles. The van der Waals surface area contributed by atoms with Crippen LogP contribution in [0.15, 0.2) is 16.7 Å². The van der Waals surface area contributed by atoms with Gasteiger partial charge in [0, 0.05) is 18.0 Å². The van der Waals surface area contributed by atoms with Crippen LogP contribution in [0.4, 0.5) is 0 Å². The molecule has 1 unspecified atom stereocenters. The fourth-order valence-electron chi connectivity index (χ4n) is 1.51. The first-order chi connectivity index (χ1) is 7.70. The molecule has 1 N–H and O–H groups in total. The first kappa shape index (κ1) is 11.1. The van der Waals surface area contributed by atoms with E-state index >= 15 is 0 Å². The fraction of sp³-hybridized carbons (Fsp3) is 0.444. The van der Waals surface area contributed by atoms with E-state index in [1.54, 1.807) is 13.3 Å². The minimum absolute atomic E-state index is 0.0236. The Hall–Kier alpha value is -1.40. The number of hydrogen-bond acceptors (Lipinski definition) is 5. The molecule has 0 saturated heterocycles. The van der Waals surface area contributed by atoms with Crippen molar-refractivity contribution in [1.29, 1.82) is 0 Å². The van der Waals surface area contributed by atoms with Gasteiger partial charge in [-0.25, -0.2) is 0 Å². The number of aryl methyl sites for hydroxylation is 1. The predicted molar refractivity (Wildman–Crippen MR) is 58.0 cm³/mol. The molecule has 0 aliphatic rings. The first-order valence-electron chi connectivity index (χ1n) is 4.83. The van der Waals surface area contributed by atoms with Crippen molar-refractivity contribution in [2.24, 2.45) is 7.05 Å². The van der Waals surface area contributed by atoms with Crippen molar-refractivity contribution >= 4 is 11.6 Å². The molecule has 0 amide bonds. The molecule has 2 heterocycles. The average molecular weight is 242 g/mol. The molecule has 2 aromatic heterocycles. The van der Waals surface area contributed by atoms with Gasteiger partial charge in [-0.15, -0.1) is 10.2 Å². The van der Waals surface area contributed by atoms with Gasteiger partial charge in [0.25, 0.3) is 0 Å². The van der Waals surface area contributed by atoms with Gasteiger partial charge in [-0.3, -0.25) is 0 Å². The Labute approximate surface area is 97.6 Å². The SMILES string of the molecule is CNC(Cc1nnn(C)n1)c1ccoc1Cl. The van der Waals surface area contributed by atoms with Crippen LogP contribution < -0.4 is 5.32 Å². The van der Waals surface area contributed by atoms with E-state index in [0.717, 1.165) is 5.56 Å². The molecule has 7 heteroatoms. The maximum Gasteiger partial charge on any atom is 0.197 e. The summed E-state index contributed by atoms with van der Waals surface area (Å²) in [6, 6.07) is 1.86. The molecule has 0 spiro atoms. The molecule has 1 atom stereocenters. The summed E-state index contributed by atoms with van der Waals surface area (Å²) in [7, 11) is 3.58. The summed E-state index contributed by atoms with van der Waals surface area (Å²) in [5.41, 5.74) is 0.900. The van der Waals surface area contributed by atoms with Gasteiger partial charge in [0.2, 0.25) is 0 Å². The Bertz CT molecular complexity index is 466. The molecule has 2 aromatic rings. The van der Waals surface area contributed by atoms with Crippen LogP contribution in [-0.2, 0) is 13.5 Å². The molecular formula is C9H12ClN5O. The second-order valence-electron chi connectivity index (χ2n) is 3.39. The maximum absolute atomic E-state index is 5.92. The standard InChI is InChI=1S/C9H12ClN5O/c1-11-7(6-3-4-16-9(6)10)5-8-12-14-15(2)13-8/h3-4,7,11H,5H2,1-2H3. The second kappa shape index (κ2) is 4.63. The van der Waals surface area contributed by atoms with E-state index in [2.05, 4.69) is 20.7 Å². The van der Waals surface area contributed by atoms with E-state index < -0.39 is 0 Å². The van der Waals surface area contributed by atoms with Crippen molar-refractivity contribution in [2.45, 2.75) is 12.5 Å². The topological polar surface area (TPSA) is 68.8 Å². The molecule has 0 aliphatic heterocycles. The lowest BCUT2D eigenvalue weighted by atomic mass is 10.1. The molecule has 16 heavy (non-hydrogen) atoms. The third-order valence-corrected chi connectivity index (χ3v) is 2.61. The van der Waals surface area contributed by atoms with Crippen molar-refractivity contribution in [1.82, 2.24) is 25.5 Å². The fourth-order valence-corrected chi connectivity index (χ4v) is 1.76. The predicted octanol–water partition coefficient (Wildman–Crippen LogP) is 0.960. The van der Waals surface area contributed by atoms with E-state index in [1.807, 2.05) is 13.1 Å². The largest absolute Gasteiger partial charge is 0.453 e. The third-order valence-electron chi connectivity index (χ3n) is 2.31. The molecule has 86 valence electrons. The lowest BCUT2D eigenvalue weighted by Crippen LogP contribution is -2.19. The number of nitrogens with one attached hydrogen (secondary N) is 1. The second-order valence-corrected chi connectivity index (χ2v) is 3.73. The van der Waals surface area contributed by atoms with Gasteiger partial charge in [0.15, 0.2) is 11.0 Å². The number of hydrogen-bond donors (Lipinski definition) is 1. The highest BCUT2D eigenvalue weighted by Crippen LogP contribution is 2.25. The number of furan rings is 1. The number of aromatic nitrogens is 4. The number of rotatable bonds is 4. The minimum Gasteiger partial charge on any atom is -0.453 e. The van der Waals surface area contributed by atoms with Crippen molar-refractivity contribution in [3.63, 3.8) is 0 Å². The molecular weight excluding hydrogens is 230 g/mol. The summed E-state index contributed by atoms with van der Waals surface area (Å²) in [6.07, 6.45) is 2.18. The number of likely N-dealkylation sites (N-methyl/N-ethyl adjacent to an activating group) is 1. The summed E-state index contributed by atoms with van der Waals surface area (Å²) in [5.74, 6) is 0.666. The van der Waals surface area contributed by atoms with Crippen LogP contribution in [0.5, 0.6) is 0 Å². The van der Waals surface area contributed by atoms with Crippen molar-refractivity contribution < 1.29 is 4.42 Å². The monoisotopic (exact) mass is 241 g/mol. The van der Waals surface area contributed by atoms with Gasteiger partial charge in [0.05, 0.1) is 13.3 Å². The summed E-state index contributed by atoms with van der Waals surface area (Å²) >= 11 is 5.92. The quantitative estimate of drug-likeness (QED) is 0.864. The van der Waals surface area contributed by atoms with Gasteiger partial charge in [-0.05, 0) is 29.9 Å². The molecule has 0 saturated carbocycles. The van der Waals surface area contributed by atoms with Gasteiger partial charge < -0.3 is 9.73 Å². The summed E-state index contributed by atoms with van der Waals surface area (Å²) < 4.78 is 5.05. The Morgan fingerprint density at radius 2 is 2.44 bits per heavy atom. The lowest BCUT2D eigenvalue weighted by molar-refractivity contribution is 0.537. The minimum atomic E-state index is 0.0236. The van der Waals surface area contributed by atoms with Crippen molar-refractivity contribution in [3.05, 3.63) is 28.9 Å². The highest BCUT2D eigenvalue weighted by Gasteiger charge is 2.17. The van der Waals surface area contributed by atoms with Gasteiger partial charge in [-0.2, -0.15) is 4.80 Å². The number of tetrazole rings is 1. The van der Waals surface area contributed by atoms with Crippen LogP contribution in [0.3, 0.4) is 0 Å². The highest BCUT2D eigenvalue weighted by molar-refractivity contribution is 6.29. The molecule has 0 aliphatic carbocycles. The van der Waals surface area contributed by atoms with Gasteiger partial charge in [-0.1, -0.05) is 0 Å². The van der Waals surface area contributed by atoms with Crippen molar-refractivity contribution in [3.8, 4) is 0 Å². The molecule has 0 bridgehead atoms. The van der Waals surface area contributed by atoms with E-state index in [4.69, 9.17) is 16.0 Å². The Kier molecular flexibility index (Phi) is 3.21. The van der Waals surface area contributed by atoms with Gasteiger partial charge in [0.1, 0.15) is 0 Å². The molecule has 0 radical (unpaired) electrons. The van der Waals surface area contributed by atoms with Crippen LogP contribution >= 0.6 is 11.6 Å². The van der Waals surface area contributed by atoms with Crippen molar-refractivity contribution in [2.75, 3.05) is 7.05 Å². The highest BCUT2D eigenvalue weighted by atomic mass is 35.5. The normalized spacial score (nSPS) is 12.9. The molecule has 0 fully saturated rings. The Balaban J connectivity index is 2.15. The van der Waals surface area contributed by atoms with Gasteiger partial charge >= 0.3 is 0 Å². The summed E-state index contributed by atoms with van der Waals surface area (Å²) in [6.45, 7) is 0. The zero-order chi connectivity index (χ0) is 11.5. The van der Waals surface area contributed by atoms with E-state index in [1.165, 1.54) is 4.80 Å². The number of halogens is 1. The smallest absolute Gasteiger partial charge is 0.197 e. The zero-order valence-corrected chi connectivity index (χ0v) is 9.77. The van der Waals surface area contributed by atoms with E-state index in [0.29, 0.717) is 17.5 Å². The molecule has 6 nitrogen and oxygen atoms in total. The Morgan fingerprint density at radius 3 is 2.94 bits per heavy atom. The molecule has 2 rings (SSSR count). The number of nitrogens with zero attached hydrogens (tertiary/aromatic N) is 4. The lowest BCUT2D eigenvalue weighted by Gasteiger charge is -2.12. The van der Waals surface area contributed by atoms with E-state index in [9.17, 15) is 0 Å². The Morgan fingerprint density at radius 1 is 1.62 bits per heavy atom. The van der Waals surface area contributed by atoms with Crippen LogP contribution in [0.1, 0.15) is 17.4 Å². The van der Waals surface area contributed by atoms with Crippen LogP contribution in [0.25, 0.3) is 0 Å². The third kappa shape index (κ3) is 2.23. The van der Waals surface area contributed by atoms with Crippen LogP contribution in [0, 0.1) is 0 Å².